The number of methoxy groups -OCH3 is 1. The highest BCUT2D eigenvalue weighted by Gasteiger charge is 2.30. The molecule has 2 N–H and O–H groups in total. The molecule has 2 atom stereocenters. The lowest BCUT2D eigenvalue weighted by atomic mass is 10.2. The average Bonchev–Trinajstić information content (AvgIpc) is 2.78. The summed E-state index contributed by atoms with van der Waals surface area (Å²) in [6.07, 6.45) is 0. The highest BCUT2D eigenvalue weighted by Crippen LogP contribution is 2.33. The molecule has 1 fully saturated rings. The second-order valence-electron chi connectivity index (χ2n) is 3.54. The van der Waals surface area contributed by atoms with Gasteiger partial charge in [0.15, 0.2) is 0 Å². The third-order valence-corrected chi connectivity index (χ3v) is 3.77. The molecule has 1 aliphatic heterocycles. The molecular formula is C11H13NO3S. The summed E-state index contributed by atoms with van der Waals surface area (Å²) in [6.45, 7) is 0. The van der Waals surface area contributed by atoms with Crippen LogP contribution in [-0.2, 0) is 4.79 Å². The maximum Gasteiger partial charge on any atom is 0.321 e. The smallest absolute Gasteiger partial charge is 0.321 e. The Kier molecular flexibility index (Phi) is 3.36. The molecule has 1 aliphatic rings. The van der Waals surface area contributed by atoms with E-state index in [9.17, 15) is 4.79 Å². The molecule has 1 saturated heterocycles. The van der Waals surface area contributed by atoms with Crippen molar-refractivity contribution in [2.45, 2.75) is 11.4 Å². The fourth-order valence-electron chi connectivity index (χ4n) is 1.59. The van der Waals surface area contributed by atoms with E-state index < -0.39 is 12.0 Å². The van der Waals surface area contributed by atoms with E-state index in [1.807, 2.05) is 24.3 Å². The number of nitrogens with one attached hydrogen (secondary N) is 1. The Balaban J connectivity index is 2.05. The van der Waals surface area contributed by atoms with Gasteiger partial charge in [-0.25, -0.2) is 0 Å². The Morgan fingerprint density at radius 3 is 2.69 bits per heavy atom. The summed E-state index contributed by atoms with van der Waals surface area (Å²) in [4.78, 5) is 10.8. The summed E-state index contributed by atoms with van der Waals surface area (Å²) in [5.74, 6) is 0.622. The molecule has 0 amide bonds. The van der Waals surface area contributed by atoms with Gasteiger partial charge in [-0.1, -0.05) is 12.1 Å². The van der Waals surface area contributed by atoms with Gasteiger partial charge in [0.05, 0.1) is 12.5 Å². The van der Waals surface area contributed by atoms with Crippen molar-refractivity contribution < 1.29 is 14.6 Å². The first-order chi connectivity index (χ1) is 7.70. The molecule has 4 nitrogen and oxygen atoms in total. The van der Waals surface area contributed by atoms with Gasteiger partial charge < -0.3 is 9.84 Å². The van der Waals surface area contributed by atoms with E-state index >= 15 is 0 Å². The number of aliphatic carboxylic acids is 1. The Bertz CT molecular complexity index is 379. The van der Waals surface area contributed by atoms with Crippen LogP contribution in [0, 0.1) is 0 Å². The lowest BCUT2D eigenvalue weighted by Gasteiger charge is -2.11. The van der Waals surface area contributed by atoms with E-state index in [1.165, 1.54) is 0 Å². The first-order valence-corrected chi connectivity index (χ1v) is 6.00. The van der Waals surface area contributed by atoms with Crippen LogP contribution in [0.15, 0.2) is 24.3 Å². The second kappa shape index (κ2) is 4.76. The maximum absolute atomic E-state index is 10.8. The molecule has 0 aromatic heterocycles. The van der Waals surface area contributed by atoms with Gasteiger partial charge in [0, 0.05) is 5.75 Å². The Morgan fingerprint density at radius 1 is 1.50 bits per heavy atom. The third-order valence-electron chi connectivity index (χ3n) is 2.50. The van der Waals surface area contributed by atoms with Gasteiger partial charge in [0.25, 0.3) is 0 Å². The van der Waals surface area contributed by atoms with E-state index in [1.54, 1.807) is 18.9 Å². The summed E-state index contributed by atoms with van der Waals surface area (Å²) in [7, 11) is 1.62. The first-order valence-electron chi connectivity index (χ1n) is 4.95. The van der Waals surface area contributed by atoms with Crippen LogP contribution in [-0.4, -0.2) is 30.0 Å². The quantitative estimate of drug-likeness (QED) is 0.836. The minimum Gasteiger partial charge on any atom is -0.497 e. The summed E-state index contributed by atoms with van der Waals surface area (Å²) >= 11 is 1.61. The van der Waals surface area contributed by atoms with Gasteiger partial charge in [-0.2, -0.15) is 0 Å². The van der Waals surface area contributed by atoms with E-state index in [4.69, 9.17) is 9.84 Å². The number of carboxylic acids is 1. The zero-order valence-electron chi connectivity index (χ0n) is 8.84. The van der Waals surface area contributed by atoms with Gasteiger partial charge in [0.2, 0.25) is 0 Å². The first kappa shape index (κ1) is 11.3. The number of thioether (sulfide) groups is 1. The van der Waals surface area contributed by atoms with Crippen molar-refractivity contribution in [3.05, 3.63) is 29.8 Å². The molecule has 0 saturated carbocycles. The van der Waals surface area contributed by atoms with Gasteiger partial charge in [-0.05, 0) is 17.7 Å². The summed E-state index contributed by atoms with van der Waals surface area (Å²) in [5, 5.41) is 12.0. The average molecular weight is 239 g/mol. The Labute approximate surface area is 98.0 Å². The molecule has 0 radical (unpaired) electrons. The molecule has 1 heterocycles. The molecule has 2 unspecified atom stereocenters. The highest BCUT2D eigenvalue weighted by molar-refractivity contribution is 7.99. The van der Waals surface area contributed by atoms with Crippen molar-refractivity contribution in [1.82, 2.24) is 5.32 Å². The zero-order valence-corrected chi connectivity index (χ0v) is 9.66. The van der Waals surface area contributed by atoms with Crippen LogP contribution in [0.1, 0.15) is 10.9 Å². The fraction of sp³-hybridized carbons (Fsp3) is 0.364. The van der Waals surface area contributed by atoms with Crippen molar-refractivity contribution in [2.24, 2.45) is 0 Å². The topological polar surface area (TPSA) is 58.6 Å². The number of hydrogen-bond donors (Lipinski definition) is 2. The Morgan fingerprint density at radius 2 is 2.19 bits per heavy atom. The molecule has 16 heavy (non-hydrogen) atoms. The zero-order chi connectivity index (χ0) is 11.5. The predicted molar refractivity (Wildman–Crippen MR) is 62.8 cm³/mol. The molecule has 0 spiro atoms. The molecule has 1 aromatic rings. The van der Waals surface area contributed by atoms with E-state index in [-0.39, 0.29) is 5.37 Å². The number of carbonyl (C=O) groups is 1. The molecular weight excluding hydrogens is 226 g/mol. The molecule has 1 aromatic carbocycles. The van der Waals surface area contributed by atoms with Gasteiger partial charge in [0.1, 0.15) is 11.8 Å². The van der Waals surface area contributed by atoms with Crippen LogP contribution in [0.3, 0.4) is 0 Å². The Hall–Kier alpha value is -1.20. The van der Waals surface area contributed by atoms with Gasteiger partial charge in [-0.3, -0.25) is 10.1 Å². The lowest BCUT2D eigenvalue weighted by molar-refractivity contribution is -0.138. The lowest BCUT2D eigenvalue weighted by Crippen LogP contribution is -2.33. The van der Waals surface area contributed by atoms with Crippen LogP contribution < -0.4 is 10.1 Å². The van der Waals surface area contributed by atoms with E-state index in [0.717, 1.165) is 11.3 Å². The minimum atomic E-state index is -0.788. The van der Waals surface area contributed by atoms with Crippen molar-refractivity contribution >= 4 is 17.7 Å². The van der Waals surface area contributed by atoms with Crippen LogP contribution in [0.4, 0.5) is 0 Å². The number of rotatable bonds is 3. The minimum absolute atomic E-state index is 0.0620. The van der Waals surface area contributed by atoms with Crippen LogP contribution in [0.2, 0.25) is 0 Å². The van der Waals surface area contributed by atoms with E-state index in [0.29, 0.717) is 5.75 Å². The summed E-state index contributed by atoms with van der Waals surface area (Å²) in [6, 6.07) is 7.22. The molecule has 5 heteroatoms. The van der Waals surface area contributed by atoms with Crippen LogP contribution >= 0.6 is 11.8 Å². The van der Waals surface area contributed by atoms with Gasteiger partial charge >= 0.3 is 5.97 Å². The number of hydrogen-bond acceptors (Lipinski definition) is 4. The normalized spacial score (nSPS) is 24.3. The maximum atomic E-state index is 10.8. The molecule has 2 rings (SSSR count). The van der Waals surface area contributed by atoms with Crippen molar-refractivity contribution in [1.29, 1.82) is 0 Å². The predicted octanol–water partition coefficient (Wildman–Crippen LogP) is 1.48. The molecule has 86 valence electrons. The second-order valence-corrected chi connectivity index (χ2v) is 4.68. The number of benzene rings is 1. The summed E-state index contributed by atoms with van der Waals surface area (Å²) < 4.78 is 5.07. The molecule has 0 bridgehead atoms. The van der Waals surface area contributed by atoms with E-state index in [2.05, 4.69) is 5.32 Å². The molecule has 0 aliphatic carbocycles. The SMILES string of the molecule is COc1ccc(C2NC(C(=O)O)CS2)cc1. The van der Waals surface area contributed by atoms with Crippen molar-refractivity contribution in [2.75, 3.05) is 12.9 Å². The number of carboxylic acid groups (broad SMARTS) is 1. The third kappa shape index (κ3) is 2.31. The van der Waals surface area contributed by atoms with Crippen LogP contribution in [0.5, 0.6) is 5.75 Å². The van der Waals surface area contributed by atoms with Crippen molar-refractivity contribution in [3.8, 4) is 5.75 Å². The standard InChI is InChI=1S/C11H13NO3S/c1-15-8-4-2-7(3-5-8)10-12-9(6-16-10)11(13)14/h2-5,9-10,12H,6H2,1H3,(H,13,14). The van der Waals surface area contributed by atoms with Gasteiger partial charge in [-0.15, -0.1) is 11.8 Å². The highest BCUT2D eigenvalue weighted by atomic mass is 32.2. The number of ether oxygens (including phenoxy) is 1. The summed E-state index contributed by atoms with van der Waals surface area (Å²) in [5.41, 5.74) is 1.08. The largest absolute Gasteiger partial charge is 0.497 e. The monoisotopic (exact) mass is 239 g/mol. The van der Waals surface area contributed by atoms with Crippen molar-refractivity contribution in [3.63, 3.8) is 0 Å². The fourth-order valence-corrected chi connectivity index (χ4v) is 2.82. The van der Waals surface area contributed by atoms with Crippen LogP contribution in [0.25, 0.3) is 0 Å².